The minimum absolute atomic E-state index is 0.130. The van der Waals surface area contributed by atoms with Gasteiger partial charge >= 0.3 is 0 Å². The van der Waals surface area contributed by atoms with Crippen LogP contribution in [0, 0.1) is 22.7 Å². The molecule has 0 aliphatic carbocycles. The van der Waals surface area contributed by atoms with Crippen molar-refractivity contribution in [2.24, 2.45) is 0 Å². The molecule has 0 aliphatic heterocycles. The summed E-state index contributed by atoms with van der Waals surface area (Å²) in [5, 5.41) is 17.0. The van der Waals surface area contributed by atoms with Gasteiger partial charge in [0, 0.05) is 11.9 Å². The summed E-state index contributed by atoms with van der Waals surface area (Å²) in [6, 6.07) is 6.58. The fourth-order valence-electron chi connectivity index (χ4n) is 1.10. The second-order valence-electron chi connectivity index (χ2n) is 2.95. The molecule has 16 heavy (non-hydrogen) atoms. The molecule has 1 aromatic rings. The van der Waals surface area contributed by atoms with Crippen molar-refractivity contribution in [2.45, 2.75) is 0 Å². The van der Waals surface area contributed by atoms with Gasteiger partial charge in [-0.05, 0) is 12.1 Å². The SMILES string of the molecule is N#CCN(CC#N)C(=O)c1cc(N)ccn1. The molecule has 0 aromatic carbocycles. The largest absolute Gasteiger partial charge is 0.399 e. The zero-order valence-electron chi connectivity index (χ0n) is 8.42. The van der Waals surface area contributed by atoms with Gasteiger partial charge in [-0.15, -0.1) is 0 Å². The first-order valence-corrected chi connectivity index (χ1v) is 4.43. The average molecular weight is 215 g/mol. The summed E-state index contributed by atoms with van der Waals surface area (Å²) < 4.78 is 0. The molecule has 2 N–H and O–H groups in total. The lowest BCUT2D eigenvalue weighted by Crippen LogP contribution is -2.32. The van der Waals surface area contributed by atoms with Crippen molar-refractivity contribution in [3.05, 3.63) is 24.0 Å². The first kappa shape index (κ1) is 11.5. The van der Waals surface area contributed by atoms with Crippen LogP contribution in [0.5, 0.6) is 0 Å². The zero-order valence-corrected chi connectivity index (χ0v) is 8.42. The number of nitriles is 2. The molecule has 0 atom stereocenters. The fraction of sp³-hybridized carbons (Fsp3) is 0.200. The summed E-state index contributed by atoms with van der Waals surface area (Å²) in [6.45, 7) is -0.300. The summed E-state index contributed by atoms with van der Waals surface area (Å²) in [5.41, 5.74) is 6.04. The highest BCUT2D eigenvalue weighted by Crippen LogP contribution is 2.06. The van der Waals surface area contributed by atoms with E-state index < -0.39 is 5.91 Å². The predicted octanol–water partition coefficient (Wildman–Crippen LogP) is 0.153. The summed E-state index contributed by atoms with van der Waals surface area (Å²) in [7, 11) is 0. The third-order valence-corrected chi connectivity index (χ3v) is 1.81. The van der Waals surface area contributed by atoms with Gasteiger partial charge < -0.3 is 10.6 Å². The van der Waals surface area contributed by atoms with E-state index in [1.807, 2.05) is 12.1 Å². The summed E-state index contributed by atoms with van der Waals surface area (Å²) in [5.74, 6) is -0.476. The lowest BCUT2D eigenvalue weighted by Gasteiger charge is -2.14. The van der Waals surface area contributed by atoms with Gasteiger partial charge in [0.05, 0.1) is 12.1 Å². The Bertz CT molecular complexity index is 455. The van der Waals surface area contributed by atoms with Crippen LogP contribution in [-0.4, -0.2) is 28.9 Å². The number of carbonyl (C=O) groups is 1. The average Bonchev–Trinajstić information content (AvgIpc) is 2.28. The summed E-state index contributed by atoms with van der Waals surface area (Å²) in [4.78, 5) is 16.7. The molecular weight excluding hydrogens is 206 g/mol. The van der Waals surface area contributed by atoms with Crippen LogP contribution in [0.2, 0.25) is 0 Å². The first-order valence-electron chi connectivity index (χ1n) is 4.43. The molecule has 6 heteroatoms. The highest BCUT2D eigenvalue weighted by atomic mass is 16.2. The second-order valence-corrected chi connectivity index (χ2v) is 2.95. The number of hydrogen-bond donors (Lipinski definition) is 1. The molecule has 0 radical (unpaired) electrons. The smallest absolute Gasteiger partial charge is 0.274 e. The van der Waals surface area contributed by atoms with Crippen LogP contribution in [-0.2, 0) is 0 Å². The first-order chi connectivity index (χ1) is 7.69. The minimum atomic E-state index is -0.476. The van der Waals surface area contributed by atoms with Gasteiger partial charge in [0.1, 0.15) is 18.8 Å². The van der Waals surface area contributed by atoms with Crippen molar-refractivity contribution in [2.75, 3.05) is 18.8 Å². The van der Waals surface area contributed by atoms with Gasteiger partial charge in [-0.1, -0.05) is 0 Å². The van der Waals surface area contributed by atoms with E-state index in [0.717, 1.165) is 4.90 Å². The van der Waals surface area contributed by atoms with Gasteiger partial charge in [0.15, 0.2) is 0 Å². The molecule has 6 nitrogen and oxygen atoms in total. The van der Waals surface area contributed by atoms with Gasteiger partial charge in [-0.3, -0.25) is 9.78 Å². The normalized spacial score (nSPS) is 8.88. The number of nitrogens with zero attached hydrogens (tertiary/aromatic N) is 4. The number of amides is 1. The van der Waals surface area contributed by atoms with Crippen molar-refractivity contribution in [1.82, 2.24) is 9.88 Å². The van der Waals surface area contributed by atoms with Gasteiger partial charge in [-0.2, -0.15) is 10.5 Å². The number of anilines is 1. The van der Waals surface area contributed by atoms with Crippen LogP contribution in [0.1, 0.15) is 10.5 Å². The van der Waals surface area contributed by atoms with Gasteiger partial charge in [0.2, 0.25) is 0 Å². The maximum absolute atomic E-state index is 11.8. The number of pyridine rings is 1. The van der Waals surface area contributed by atoms with Gasteiger partial charge in [0.25, 0.3) is 5.91 Å². The van der Waals surface area contributed by atoms with E-state index in [1.165, 1.54) is 12.3 Å². The minimum Gasteiger partial charge on any atom is -0.399 e. The summed E-state index contributed by atoms with van der Waals surface area (Å²) >= 11 is 0. The topological polar surface area (TPSA) is 107 Å². The fourth-order valence-corrected chi connectivity index (χ4v) is 1.10. The molecule has 1 heterocycles. The Hall–Kier alpha value is -2.60. The Balaban J connectivity index is 2.91. The number of hydrogen-bond acceptors (Lipinski definition) is 5. The van der Waals surface area contributed by atoms with E-state index >= 15 is 0 Å². The van der Waals surface area contributed by atoms with E-state index in [1.54, 1.807) is 6.07 Å². The van der Waals surface area contributed by atoms with E-state index in [9.17, 15) is 4.79 Å². The van der Waals surface area contributed by atoms with Gasteiger partial charge in [-0.25, -0.2) is 0 Å². The van der Waals surface area contributed by atoms with Crippen LogP contribution in [0.15, 0.2) is 18.3 Å². The Labute approximate surface area is 92.5 Å². The standard InChI is InChI=1S/C10H9N5O/c11-2-5-15(6-3-12)10(16)9-7-8(13)1-4-14-9/h1,4,7H,5-6H2,(H2,13,14). The summed E-state index contributed by atoms with van der Waals surface area (Å²) in [6.07, 6.45) is 1.40. The lowest BCUT2D eigenvalue weighted by atomic mass is 10.3. The second kappa shape index (κ2) is 5.32. The molecule has 1 rings (SSSR count). The maximum atomic E-state index is 11.8. The Morgan fingerprint density at radius 3 is 2.56 bits per heavy atom. The van der Waals surface area contributed by atoms with Crippen LogP contribution in [0.3, 0.4) is 0 Å². The van der Waals surface area contributed by atoms with Crippen molar-refractivity contribution in [3.63, 3.8) is 0 Å². The van der Waals surface area contributed by atoms with Crippen molar-refractivity contribution < 1.29 is 4.79 Å². The molecule has 0 unspecified atom stereocenters. The van der Waals surface area contributed by atoms with Crippen LogP contribution in [0.4, 0.5) is 5.69 Å². The molecule has 0 fully saturated rings. The third kappa shape index (κ3) is 2.69. The van der Waals surface area contributed by atoms with Crippen LogP contribution >= 0.6 is 0 Å². The highest BCUT2D eigenvalue weighted by molar-refractivity contribution is 5.93. The molecule has 0 bridgehead atoms. The number of carbonyl (C=O) groups excluding carboxylic acids is 1. The highest BCUT2D eigenvalue weighted by Gasteiger charge is 2.16. The molecule has 1 aromatic heterocycles. The molecular formula is C10H9N5O. The van der Waals surface area contributed by atoms with Crippen molar-refractivity contribution >= 4 is 11.6 Å². The third-order valence-electron chi connectivity index (χ3n) is 1.81. The Kier molecular flexibility index (Phi) is 3.82. The predicted molar refractivity (Wildman–Crippen MR) is 55.8 cm³/mol. The van der Waals surface area contributed by atoms with Crippen LogP contribution in [0.25, 0.3) is 0 Å². The van der Waals surface area contributed by atoms with E-state index in [2.05, 4.69) is 4.98 Å². The van der Waals surface area contributed by atoms with E-state index in [4.69, 9.17) is 16.3 Å². The lowest BCUT2D eigenvalue weighted by molar-refractivity contribution is 0.0789. The van der Waals surface area contributed by atoms with E-state index in [-0.39, 0.29) is 18.8 Å². The molecule has 0 saturated heterocycles. The van der Waals surface area contributed by atoms with Crippen molar-refractivity contribution in [1.29, 1.82) is 10.5 Å². The Morgan fingerprint density at radius 1 is 1.44 bits per heavy atom. The van der Waals surface area contributed by atoms with Crippen molar-refractivity contribution in [3.8, 4) is 12.1 Å². The molecule has 0 spiro atoms. The number of nitrogen functional groups attached to an aromatic ring is 1. The number of rotatable bonds is 3. The zero-order chi connectivity index (χ0) is 12.0. The molecule has 0 saturated carbocycles. The Morgan fingerprint density at radius 2 is 2.06 bits per heavy atom. The maximum Gasteiger partial charge on any atom is 0.274 e. The molecule has 80 valence electrons. The number of nitrogens with two attached hydrogens (primary N) is 1. The quantitative estimate of drug-likeness (QED) is 0.722. The van der Waals surface area contributed by atoms with E-state index in [0.29, 0.717) is 5.69 Å². The monoisotopic (exact) mass is 215 g/mol. The van der Waals surface area contributed by atoms with Crippen LogP contribution < -0.4 is 5.73 Å². The molecule has 0 aliphatic rings. The number of aromatic nitrogens is 1. The molecule has 1 amide bonds.